The van der Waals surface area contributed by atoms with Gasteiger partial charge in [-0.25, -0.2) is 0 Å². The van der Waals surface area contributed by atoms with E-state index in [-0.39, 0.29) is 11.5 Å². The molecule has 0 aliphatic carbocycles. The van der Waals surface area contributed by atoms with E-state index in [4.69, 9.17) is 4.74 Å². The van der Waals surface area contributed by atoms with Gasteiger partial charge in [-0.05, 0) is 19.9 Å². The van der Waals surface area contributed by atoms with E-state index in [1.807, 2.05) is 11.8 Å². The fraction of sp³-hybridized carbons (Fsp3) is 0.917. The highest BCUT2D eigenvalue weighted by atomic mass is 16.5. The summed E-state index contributed by atoms with van der Waals surface area (Å²) in [6.45, 7) is 6.53. The molecule has 0 radical (unpaired) electrons. The first kappa shape index (κ1) is 11.9. The second-order valence-electron chi connectivity index (χ2n) is 5.00. The average molecular weight is 226 g/mol. The van der Waals surface area contributed by atoms with E-state index < -0.39 is 0 Å². The van der Waals surface area contributed by atoms with Gasteiger partial charge in [0.1, 0.15) is 0 Å². The molecule has 1 spiro atoms. The molecule has 0 bridgehead atoms. The Balaban J connectivity index is 1.90. The van der Waals surface area contributed by atoms with Crippen LogP contribution < -0.4 is 0 Å². The van der Waals surface area contributed by atoms with Crippen LogP contribution >= 0.6 is 0 Å². The Labute approximate surface area is 97.5 Å². The summed E-state index contributed by atoms with van der Waals surface area (Å²) in [6, 6.07) is 0. The molecule has 2 heterocycles. The fourth-order valence-corrected chi connectivity index (χ4v) is 2.72. The minimum absolute atomic E-state index is 0.0253. The molecule has 4 nitrogen and oxygen atoms in total. The van der Waals surface area contributed by atoms with Crippen LogP contribution in [-0.4, -0.2) is 61.1 Å². The monoisotopic (exact) mass is 226 g/mol. The van der Waals surface area contributed by atoms with Gasteiger partial charge in [0.05, 0.1) is 12.2 Å². The third-order valence-electron chi connectivity index (χ3n) is 3.77. The molecule has 2 fully saturated rings. The summed E-state index contributed by atoms with van der Waals surface area (Å²) in [7, 11) is 2.15. The minimum atomic E-state index is 0.0253. The van der Waals surface area contributed by atoms with Gasteiger partial charge in [0.2, 0.25) is 5.91 Å². The zero-order chi connectivity index (χ0) is 11.6. The van der Waals surface area contributed by atoms with Crippen LogP contribution in [0.3, 0.4) is 0 Å². The van der Waals surface area contributed by atoms with Crippen LogP contribution in [-0.2, 0) is 9.53 Å². The number of amides is 1. The van der Waals surface area contributed by atoms with Crippen molar-refractivity contribution in [1.82, 2.24) is 9.80 Å². The number of carbonyl (C=O) groups excluding carboxylic acids is 1. The van der Waals surface area contributed by atoms with E-state index in [0.717, 1.165) is 45.6 Å². The molecule has 0 aromatic carbocycles. The number of ether oxygens (including phenoxy) is 1. The molecule has 0 aromatic rings. The highest BCUT2D eigenvalue weighted by Crippen LogP contribution is 2.29. The molecule has 2 saturated heterocycles. The van der Waals surface area contributed by atoms with Crippen LogP contribution in [0.4, 0.5) is 0 Å². The van der Waals surface area contributed by atoms with E-state index in [0.29, 0.717) is 6.42 Å². The van der Waals surface area contributed by atoms with Crippen LogP contribution in [0.2, 0.25) is 0 Å². The second kappa shape index (κ2) is 4.72. The van der Waals surface area contributed by atoms with Crippen molar-refractivity contribution in [1.29, 1.82) is 0 Å². The number of hydrogen-bond donors (Lipinski definition) is 0. The Kier molecular flexibility index (Phi) is 3.50. The smallest absolute Gasteiger partial charge is 0.222 e. The van der Waals surface area contributed by atoms with Crippen LogP contribution in [0.5, 0.6) is 0 Å². The molecule has 2 aliphatic rings. The van der Waals surface area contributed by atoms with Crippen molar-refractivity contribution in [3.8, 4) is 0 Å². The van der Waals surface area contributed by atoms with Crippen molar-refractivity contribution in [3.63, 3.8) is 0 Å². The van der Waals surface area contributed by atoms with Gasteiger partial charge in [0.15, 0.2) is 0 Å². The van der Waals surface area contributed by atoms with Crippen molar-refractivity contribution in [3.05, 3.63) is 0 Å². The summed E-state index contributed by atoms with van der Waals surface area (Å²) in [6.07, 6.45) is 2.60. The van der Waals surface area contributed by atoms with Crippen LogP contribution in [0.25, 0.3) is 0 Å². The maximum absolute atomic E-state index is 11.6. The third-order valence-corrected chi connectivity index (χ3v) is 3.77. The van der Waals surface area contributed by atoms with E-state index >= 15 is 0 Å². The van der Waals surface area contributed by atoms with Crippen molar-refractivity contribution < 1.29 is 9.53 Å². The SMILES string of the molecule is CCC(=O)N1CCC2(CC1)CN(C)CCO2. The summed E-state index contributed by atoms with van der Waals surface area (Å²) in [5.41, 5.74) is 0.0253. The lowest BCUT2D eigenvalue weighted by Crippen LogP contribution is -2.56. The zero-order valence-electron chi connectivity index (χ0n) is 10.4. The number of likely N-dealkylation sites (tertiary alicyclic amines) is 1. The van der Waals surface area contributed by atoms with Gasteiger partial charge in [-0.2, -0.15) is 0 Å². The van der Waals surface area contributed by atoms with E-state index in [1.165, 1.54) is 0 Å². The molecule has 0 saturated carbocycles. The quantitative estimate of drug-likeness (QED) is 0.660. The summed E-state index contributed by atoms with van der Waals surface area (Å²) in [5, 5.41) is 0. The van der Waals surface area contributed by atoms with Gasteiger partial charge in [-0.15, -0.1) is 0 Å². The first-order valence-electron chi connectivity index (χ1n) is 6.25. The first-order chi connectivity index (χ1) is 7.65. The molecule has 0 atom stereocenters. The van der Waals surface area contributed by atoms with Crippen molar-refractivity contribution in [2.45, 2.75) is 31.8 Å². The highest BCUT2D eigenvalue weighted by molar-refractivity contribution is 5.75. The molecule has 92 valence electrons. The highest BCUT2D eigenvalue weighted by Gasteiger charge is 2.39. The minimum Gasteiger partial charge on any atom is -0.372 e. The Bertz CT molecular complexity index is 260. The summed E-state index contributed by atoms with van der Waals surface area (Å²) < 4.78 is 5.96. The molecule has 16 heavy (non-hydrogen) atoms. The normalized spacial score (nSPS) is 26.0. The fourth-order valence-electron chi connectivity index (χ4n) is 2.72. The number of carbonyl (C=O) groups is 1. The number of nitrogens with zero attached hydrogens (tertiary/aromatic N) is 2. The lowest BCUT2D eigenvalue weighted by molar-refractivity contribution is -0.148. The number of piperidine rings is 1. The Morgan fingerprint density at radius 2 is 2.00 bits per heavy atom. The molecule has 4 heteroatoms. The van der Waals surface area contributed by atoms with E-state index in [1.54, 1.807) is 0 Å². The Morgan fingerprint density at radius 3 is 2.56 bits per heavy atom. The third kappa shape index (κ3) is 2.38. The van der Waals surface area contributed by atoms with Gasteiger partial charge in [-0.1, -0.05) is 6.92 Å². The van der Waals surface area contributed by atoms with Crippen molar-refractivity contribution in [2.24, 2.45) is 0 Å². The molecule has 1 amide bonds. The standard InChI is InChI=1S/C12H22N2O2/c1-3-11(15)14-6-4-12(5-7-14)10-13(2)8-9-16-12/h3-10H2,1-2H3. The van der Waals surface area contributed by atoms with Crippen LogP contribution in [0, 0.1) is 0 Å². The molecule has 0 N–H and O–H groups in total. The summed E-state index contributed by atoms with van der Waals surface area (Å²) in [4.78, 5) is 15.9. The van der Waals surface area contributed by atoms with Crippen LogP contribution in [0.1, 0.15) is 26.2 Å². The number of likely N-dealkylation sites (N-methyl/N-ethyl adjacent to an activating group) is 1. The van der Waals surface area contributed by atoms with Crippen LogP contribution in [0.15, 0.2) is 0 Å². The predicted octanol–water partition coefficient (Wildman–Crippen LogP) is 0.720. The topological polar surface area (TPSA) is 32.8 Å². The van der Waals surface area contributed by atoms with Gasteiger partial charge >= 0.3 is 0 Å². The average Bonchev–Trinajstić information content (AvgIpc) is 2.29. The molecular formula is C12H22N2O2. The number of hydrogen-bond acceptors (Lipinski definition) is 3. The van der Waals surface area contributed by atoms with Gasteiger partial charge in [0, 0.05) is 32.6 Å². The van der Waals surface area contributed by atoms with Crippen molar-refractivity contribution in [2.75, 3.05) is 39.8 Å². The lowest BCUT2D eigenvalue weighted by atomic mass is 9.89. The van der Waals surface area contributed by atoms with E-state index in [2.05, 4.69) is 11.9 Å². The Morgan fingerprint density at radius 1 is 1.31 bits per heavy atom. The number of rotatable bonds is 1. The zero-order valence-corrected chi connectivity index (χ0v) is 10.4. The largest absolute Gasteiger partial charge is 0.372 e. The molecular weight excluding hydrogens is 204 g/mol. The van der Waals surface area contributed by atoms with Gasteiger partial charge in [-0.3, -0.25) is 4.79 Å². The Hall–Kier alpha value is -0.610. The molecule has 0 aromatic heterocycles. The first-order valence-corrected chi connectivity index (χ1v) is 6.25. The van der Waals surface area contributed by atoms with E-state index in [9.17, 15) is 4.79 Å². The van der Waals surface area contributed by atoms with Crippen molar-refractivity contribution >= 4 is 5.91 Å². The summed E-state index contributed by atoms with van der Waals surface area (Å²) in [5.74, 6) is 0.277. The van der Waals surface area contributed by atoms with Gasteiger partial charge in [0.25, 0.3) is 0 Å². The van der Waals surface area contributed by atoms with Gasteiger partial charge < -0.3 is 14.5 Å². The summed E-state index contributed by atoms with van der Waals surface area (Å²) >= 11 is 0. The predicted molar refractivity (Wildman–Crippen MR) is 62.3 cm³/mol. The second-order valence-corrected chi connectivity index (χ2v) is 5.00. The maximum Gasteiger partial charge on any atom is 0.222 e. The lowest BCUT2D eigenvalue weighted by Gasteiger charge is -2.46. The molecule has 2 aliphatic heterocycles. The molecule has 0 unspecified atom stereocenters. The molecule has 2 rings (SSSR count). The number of morpholine rings is 1. The maximum atomic E-state index is 11.6.